The van der Waals surface area contributed by atoms with Crippen LogP contribution < -0.4 is 0 Å². The van der Waals surface area contributed by atoms with E-state index >= 15 is 0 Å². The lowest BCUT2D eigenvalue weighted by Gasteiger charge is -2.13. The number of carboxylic acid groups (broad SMARTS) is 1. The minimum absolute atomic E-state index is 0.0980. The van der Waals surface area contributed by atoms with Crippen LogP contribution in [0.25, 0.3) is 6.08 Å². The molecule has 0 aromatic heterocycles. The molecule has 0 unspecified atom stereocenters. The molecule has 0 amide bonds. The average Bonchev–Trinajstić information content (AvgIpc) is 2.25. The highest BCUT2D eigenvalue weighted by Crippen LogP contribution is 2.24. The van der Waals surface area contributed by atoms with Crippen molar-refractivity contribution in [1.82, 2.24) is 0 Å². The molecule has 1 aliphatic carbocycles. The second-order valence-corrected chi connectivity index (χ2v) is 5.22. The van der Waals surface area contributed by atoms with Crippen molar-refractivity contribution in [2.45, 2.75) is 11.3 Å². The molecule has 0 aliphatic heterocycles. The molecular weight excluding hydrogens is 260 g/mol. The number of fused-ring (bicyclic) bond motifs is 1. The van der Waals surface area contributed by atoms with Crippen LogP contribution in [0.15, 0.2) is 28.7 Å². The Hall–Kier alpha value is -1.99. The molecule has 94 valence electrons. The van der Waals surface area contributed by atoms with Gasteiger partial charge in [0.1, 0.15) is 5.57 Å². The van der Waals surface area contributed by atoms with Crippen molar-refractivity contribution in [3.8, 4) is 0 Å². The molecule has 0 radical (unpaired) electrons. The number of carbonyl (C=O) groups excluding carboxylic acids is 1. The number of carboxylic acids is 1. The second-order valence-electron chi connectivity index (χ2n) is 3.80. The van der Waals surface area contributed by atoms with E-state index in [1.165, 1.54) is 12.1 Å². The van der Waals surface area contributed by atoms with Crippen LogP contribution in [0, 0.1) is 0 Å². The molecule has 6 nitrogen and oxygen atoms in total. The SMILES string of the molecule is O=C(O)C1=Cc2cc(S(=O)(=O)O)ccc2CC1=O. The number of benzene rings is 1. The smallest absolute Gasteiger partial charge is 0.339 e. The summed E-state index contributed by atoms with van der Waals surface area (Å²) in [6.07, 6.45) is 1.01. The zero-order valence-electron chi connectivity index (χ0n) is 8.95. The van der Waals surface area contributed by atoms with E-state index in [1.54, 1.807) is 0 Å². The van der Waals surface area contributed by atoms with Crippen LogP contribution >= 0.6 is 0 Å². The van der Waals surface area contributed by atoms with E-state index in [1.807, 2.05) is 0 Å². The topological polar surface area (TPSA) is 109 Å². The number of carbonyl (C=O) groups is 2. The molecule has 2 rings (SSSR count). The van der Waals surface area contributed by atoms with Crippen LogP contribution in [0.4, 0.5) is 0 Å². The summed E-state index contributed by atoms with van der Waals surface area (Å²) in [5.74, 6) is -1.89. The van der Waals surface area contributed by atoms with Gasteiger partial charge in [0.25, 0.3) is 10.1 Å². The van der Waals surface area contributed by atoms with E-state index in [9.17, 15) is 18.0 Å². The number of aliphatic carboxylic acids is 1. The monoisotopic (exact) mass is 268 g/mol. The molecule has 1 aliphatic rings. The zero-order chi connectivity index (χ0) is 13.5. The fourth-order valence-electron chi connectivity index (χ4n) is 1.71. The Morgan fingerprint density at radius 3 is 2.50 bits per heavy atom. The number of hydrogen-bond acceptors (Lipinski definition) is 4. The van der Waals surface area contributed by atoms with E-state index in [0.29, 0.717) is 11.1 Å². The molecule has 7 heteroatoms. The summed E-state index contributed by atoms with van der Waals surface area (Å²) in [4.78, 5) is 21.9. The minimum Gasteiger partial charge on any atom is -0.478 e. The maximum atomic E-state index is 11.5. The van der Waals surface area contributed by atoms with Crippen molar-refractivity contribution in [3.05, 3.63) is 34.9 Å². The Bertz CT molecular complexity index is 683. The average molecular weight is 268 g/mol. The fraction of sp³-hybridized carbons (Fsp3) is 0.0909. The molecule has 0 heterocycles. The lowest BCUT2D eigenvalue weighted by atomic mass is 9.91. The highest BCUT2D eigenvalue weighted by atomic mass is 32.2. The molecular formula is C11H8O6S. The van der Waals surface area contributed by atoms with Gasteiger partial charge < -0.3 is 5.11 Å². The molecule has 0 saturated carbocycles. The Morgan fingerprint density at radius 1 is 1.28 bits per heavy atom. The fourth-order valence-corrected chi connectivity index (χ4v) is 2.23. The third kappa shape index (κ3) is 2.18. The molecule has 1 aromatic rings. The van der Waals surface area contributed by atoms with Gasteiger partial charge in [0.05, 0.1) is 4.90 Å². The first-order valence-corrected chi connectivity index (χ1v) is 6.31. The Labute approximate surface area is 102 Å². The molecule has 2 N–H and O–H groups in total. The third-order valence-corrected chi connectivity index (χ3v) is 3.45. The van der Waals surface area contributed by atoms with Crippen LogP contribution in [0.2, 0.25) is 0 Å². The van der Waals surface area contributed by atoms with Crippen LogP contribution in [-0.2, 0) is 26.1 Å². The summed E-state index contributed by atoms with van der Waals surface area (Å²) in [6, 6.07) is 3.69. The van der Waals surface area contributed by atoms with Crippen molar-refractivity contribution in [2.75, 3.05) is 0 Å². The van der Waals surface area contributed by atoms with Crippen molar-refractivity contribution in [2.24, 2.45) is 0 Å². The summed E-state index contributed by atoms with van der Waals surface area (Å²) in [6.45, 7) is 0. The van der Waals surface area contributed by atoms with Gasteiger partial charge in [0, 0.05) is 6.42 Å². The second kappa shape index (κ2) is 4.04. The molecule has 1 aromatic carbocycles. The van der Waals surface area contributed by atoms with E-state index in [0.717, 1.165) is 12.1 Å². The van der Waals surface area contributed by atoms with Crippen molar-refractivity contribution in [1.29, 1.82) is 0 Å². The molecule has 0 fully saturated rings. The van der Waals surface area contributed by atoms with Crippen LogP contribution in [-0.4, -0.2) is 29.8 Å². The maximum Gasteiger partial charge on any atom is 0.339 e. The Morgan fingerprint density at radius 2 is 1.94 bits per heavy atom. The predicted octanol–water partition coefficient (Wildman–Crippen LogP) is 0.527. The number of hydrogen-bond donors (Lipinski definition) is 2. The van der Waals surface area contributed by atoms with Crippen molar-refractivity contribution in [3.63, 3.8) is 0 Å². The van der Waals surface area contributed by atoms with Gasteiger partial charge in [0.2, 0.25) is 0 Å². The van der Waals surface area contributed by atoms with Gasteiger partial charge in [-0.15, -0.1) is 0 Å². The highest BCUT2D eigenvalue weighted by Gasteiger charge is 2.24. The first-order valence-electron chi connectivity index (χ1n) is 4.87. The van der Waals surface area contributed by atoms with Gasteiger partial charge in [-0.1, -0.05) is 6.07 Å². The molecule has 0 saturated heterocycles. The summed E-state index contributed by atoms with van der Waals surface area (Å²) >= 11 is 0. The van der Waals surface area contributed by atoms with Crippen molar-refractivity contribution < 1.29 is 27.7 Å². The lowest BCUT2D eigenvalue weighted by Crippen LogP contribution is -2.18. The first kappa shape index (κ1) is 12.5. The first-order chi connectivity index (χ1) is 8.29. The van der Waals surface area contributed by atoms with Gasteiger partial charge in [-0.25, -0.2) is 4.79 Å². The van der Waals surface area contributed by atoms with Crippen LogP contribution in [0.5, 0.6) is 0 Å². The number of ketones is 1. The van der Waals surface area contributed by atoms with Gasteiger partial charge in [-0.05, 0) is 29.3 Å². The molecule has 18 heavy (non-hydrogen) atoms. The van der Waals surface area contributed by atoms with Gasteiger partial charge in [0.15, 0.2) is 5.78 Å². The summed E-state index contributed by atoms with van der Waals surface area (Å²) in [5, 5.41) is 8.81. The van der Waals surface area contributed by atoms with Gasteiger partial charge in [-0.2, -0.15) is 8.42 Å². The van der Waals surface area contributed by atoms with Crippen LogP contribution in [0.1, 0.15) is 11.1 Å². The van der Waals surface area contributed by atoms with E-state index < -0.39 is 27.4 Å². The predicted molar refractivity (Wildman–Crippen MR) is 60.6 cm³/mol. The zero-order valence-corrected chi connectivity index (χ0v) is 9.77. The van der Waals surface area contributed by atoms with Gasteiger partial charge in [-0.3, -0.25) is 9.35 Å². The molecule has 0 atom stereocenters. The largest absolute Gasteiger partial charge is 0.478 e. The standard InChI is InChI=1S/C11H8O6S/c12-10-5-6-1-2-8(18(15,16)17)3-7(6)4-9(10)11(13)14/h1-4H,5H2,(H,13,14)(H,15,16,17). The summed E-state index contributed by atoms with van der Waals surface area (Å²) < 4.78 is 30.8. The summed E-state index contributed by atoms with van der Waals surface area (Å²) in [5.41, 5.74) is 0.439. The third-order valence-electron chi connectivity index (χ3n) is 2.60. The Balaban J connectivity index is 2.61. The summed E-state index contributed by atoms with van der Waals surface area (Å²) in [7, 11) is -4.35. The van der Waals surface area contributed by atoms with Crippen LogP contribution in [0.3, 0.4) is 0 Å². The van der Waals surface area contributed by atoms with E-state index in [4.69, 9.17) is 9.66 Å². The lowest BCUT2D eigenvalue weighted by molar-refractivity contribution is -0.134. The molecule has 0 spiro atoms. The van der Waals surface area contributed by atoms with Gasteiger partial charge >= 0.3 is 5.97 Å². The van der Waals surface area contributed by atoms with E-state index in [2.05, 4.69) is 0 Å². The maximum absolute atomic E-state index is 11.5. The molecule has 0 bridgehead atoms. The van der Waals surface area contributed by atoms with E-state index in [-0.39, 0.29) is 11.3 Å². The quantitative estimate of drug-likeness (QED) is 0.598. The van der Waals surface area contributed by atoms with Crippen molar-refractivity contribution >= 4 is 27.9 Å². The minimum atomic E-state index is -4.35. The number of rotatable bonds is 2. The normalized spacial score (nSPS) is 14.9. The number of Topliss-reactive ketones (excluding diaryl/α,β-unsaturated/α-hetero) is 1. The Kier molecular flexibility index (Phi) is 2.80. The highest BCUT2D eigenvalue weighted by molar-refractivity contribution is 7.85.